The highest BCUT2D eigenvalue weighted by molar-refractivity contribution is 5.92. The number of methoxy groups -OCH3 is 1. The van der Waals surface area contributed by atoms with Crippen LogP contribution in [0.4, 0.5) is 10.5 Å². The number of carbonyl (C=O) groups excluding carboxylic acids is 1. The maximum absolute atomic E-state index is 12.0. The molecule has 21 heavy (non-hydrogen) atoms. The summed E-state index contributed by atoms with van der Waals surface area (Å²) in [5.74, 6) is 0.679. The molecule has 0 heterocycles. The van der Waals surface area contributed by atoms with Crippen LogP contribution in [-0.2, 0) is 6.54 Å². The first-order valence-electron chi connectivity index (χ1n) is 7.44. The summed E-state index contributed by atoms with van der Waals surface area (Å²) in [7, 11) is 5.60. The molecule has 0 saturated carbocycles. The first kappa shape index (κ1) is 17.3. The highest BCUT2D eigenvalue weighted by atomic mass is 16.5. The van der Waals surface area contributed by atoms with E-state index in [0.29, 0.717) is 12.3 Å². The molecule has 0 aromatic heterocycles. The minimum atomic E-state index is -0.185. The molecule has 1 aromatic carbocycles. The molecule has 5 heteroatoms. The maximum Gasteiger partial charge on any atom is 0.319 e. The molecule has 0 spiro atoms. The van der Waals surface area contributed by atoms with Gasteiger partial charge in [-0.05, 0) is 32.1 Å². The lowest BCUT2D eigenvalue weighted by molar-refractivity contribution is 0.251. The van der Waals surface area contributed by atoms with Crippen LogP contribution in [0.5, 0.6) is 5.75 Å². The molecule has 0 saturated heterocycles. The largest absolute Gasteiger partial charge is 0.495 e. The zero-order chi connectivity index (χ0) is 15.7. The van der Waals surface area contributed by atoms with E-state index < -0.39 is 0 Å². The summed E-state index contributed by atoms with van der Waals surface area (Å²) in [5, 5.41) is 5.79. The number of carbonyl (C=O) groups is 1. The van der Waals surface area contributed by atoms with Crippen molar-refractivity contribution >= 4 is 11.7 Å². The van der Waals surface area contributed by atoms with Gasteiger partial charge in [-0.1, -0.05) is 31.9 Å². The number of urea groups is 1. The summed E-state index contributed by atoms with van der Waals surface area (Å²) < 4.78 is 5.35. The Morgan fingerprint density at radius 1 is 1.29 bits per heavy atom. The van der Waals surface area contributed by atoms with Crippen molar-refractivity contribution in [2.45, 2.75) is 32.7 Å². The molecular weight excluding hydrogens is 266 g/mol. The van der Waals surface area contributed by atoms with Gasteiger partial charge in [0.25, 0.3) is 0 Å². The molecule has 1 rings (SSSR count). The van der Waals surface area contributed by atoms with Crippen LogP contribution in [0.15, 0.2) is 18.2 Å². The summed E-state index contributed by atoms with van der Waals surface area (Å²) in [4.78, 5) is 14.0. The smallest absolute Gasteiger partial charge is 0.319 e. The Morgan fingerprint density at radius 2 is 2.05 bits per heavy atom. The second kappa shape index (κ2) is 9.23. The molecule has 2 N–H and O–H groups in total. The lowest BCUT2D eigenvalue weighted by Gasteiger charge is -2.18. The minimum absolute atomic E-state index is 0.185. The average molecular weight is 293 g/mol. The first-order chi connectivity index (χ1) is 10.1. The van der Waals surface area contributed by atoms with Crippen molar-refractivity contribution in [1.29, 1.82) is 0 Å². The molecular formula is C16H27N3O2. The number of anilines is 1. The fourth-order valence-electron chi connectivity index (χ4n) is 2.10. The Kier molecular flexibility index (Phi) is 7.61. The van der Waals surface area contributed by atoms with Crippen molar-refractivity contribution in [3.8, 4) is 5.75 Å². The van der Waals surface area contributed by atoms with E-state index in [-0.39, 0.29) is 6.03 Å². The van der Waals surface area contributed by atoms with Crippen LogP contribution >= 0.6 is 0 Å². The van der Waals surface area contributed by atoms with Crippen molar-refractivity contribution in [3.63, 3.8) is 0 Å². The summed E-state index contributed by atoms with van der Waals surface area (Å²) in [6.45, 7) is 3.57. The van der Waals surface area contributed by atoms with E-state index in [0.717, 1.165) is 37.1 Å². The van der Waals surface area contributed by atoms with Crippen LogP contribution in [0, 0.1) is 0 Å². The highest BCUT2D eigenvalue weighted by Crippen LogP contribution is 2.28. The Bertz CT molecular complexity index is 447. The van der Waals surface area contributed by atoms with Crippen LogP contribution in [0.1, 0.15) is 31.7 Å². The number of para-hydroxylation sites is 1. The molecule has 118 valence electrons. The molecule has 0 fully saturated rings. The number of unbranched alkanes of at least 4 members (excludes halogenated alkanes) is 2. The number of ether oxygens (including phenoxy) is 1. The Morgan fingerprint density at radius 3 is 2.67 bits per heavy atom. The number of amides is 2. The van der Waals surface area contributed by atoms with Crippen molar-refractivity contribution in [2.75, 3.05) is 33.1 Å². The lowest BCUT2D eigenvalue weighted by atomic mass is 10.1. The third kappa shape index (κ3) is 6.04. The molecule has 0 atom stereocenters. The van der Waals surface area contributed by atoms with Gasteiger partial charge in [-0.15, -0.1) is 0 Å². The summed E-state index contributed by atoms with van der Waals surface area (Å²) in [6.07, 6.45) is 3.27. The average Bonchev–Trinajstić information content (AvgIpc) is 2.45. The predicted octanol–water partition coefficient (Wildman–Crippen LogP) is 3.07. The zero-order valence-electron chi connectivity index (χ0n) is 13.5. The molecule has 5 nitrogen and oxygen atoms in total. The molecule has 0 radical (unpaired) electrons. The topological polar surface area (TPSA) is 53.6 Å². The van der Waals surface area contributed by atoms with E-state index in [4.69, 9.17) is 4.74 Å². The monoisotopic (exact) mass is 293 g/mol. The van der Waals surface area contributed by atoms with Crippen LogP contribution in [0.25, 0.3) is 0 Å². The summed E-state index contributed by atoms with van der Waals surface area (Å²) in [5.41, 5.74) is 1.77. The number of nitrogens with zero attached hydrogens (tertiary/aromatic N) is 1. The van der Waals surface area contributed by atoms with E-state index in [1.807, 2.05) is 32.3 Å². The van der Waals surface area contributed by atoms with E-state index in [1.165, 1.54) is 0 Å². The molecule has 0 unspecified atom stereocenters. The van der Waals surface area contributed by atoms with Gasteiger partial charge < -0.3 is 20.3 Å². The van der Waals surface area contributed by atoms with E-state index in [1.54, 1.807) is 7.11 Å². The molecule has 0 aliphatic heterocycles. The number of hydrogen-bond donors (Lipinski definition) is 2. The normalized spacial score (nSPS) is 10.5. The third-order valence-corrected chi connectivity index (χ3v) is 3.12. The predicted molar refractivity (Wildman–Crippen MR) is 86.9 cm³/mol. The van der Waals surface area contributed by atoms with Crippen molar-refractivity contribution < 1.29 is 9.53 Å². The van der Waals surface area contributed by atoms with Crippen LogP contribution in [0.2, 0.25) is 0 Å². The Balaban J connectivity index is 2.72. The number of benzene rings is 1. The summed E-state index contributed by atoms with van der Waals surface area (Å²) in [6, 6.07) is 5.60. The lowest BCUT2D eigenvalue weighted by Crippen LogP contribution is -2.30. The van der Waals surface area contributed by atoms with Gasteiger partial charge in [0.15, 0.2) is 0 Å². The number of hydrogen-bond acceptors (Lipinski definition) is 3. The second-order valence-electron chi connectivity index (χ2n) is 5.32. The molecule has 1 aromatic rings. The Labute approximate surface area is 127 Å². The molecule has 0 aliphatic carbocycles. The van der Waals surface area contributed by atoms with Gasteiger partial charge in [0, 0.05) is 13.1 Å². The van der Waals surface area contributed by atoms with Gasteiger partial charge in [-0.3, -0.25) is 0 Å². The van der Waals surface area contributed by atoms with Crippen molar-refractivity contribution in [3.05, 3.63) is 23.8 Å². The zero-order valence-corrected chi connectivity index (χ0v) is 13.5. The molecule has 0 aliphatic rings. The summed E-state index contributed by atoms with van der Waals surface area (Å²) >= 11 is 0. The van der Waals surface area contributed by atoms with Gasteiger partial charge in [0.1, 0.15) is 5.75 Å². The molecule has 0 bridgehead atoms. The van der Waals surface area contributed by atoms with Crippen molar-refractivity contribution in [1.82, 2.24) is 10.2 Å². The quantitative estimate of drug-likeness (QED) is 0.724. The van der Waals surface area contributed by atoms with E-state index in [9.17, 15) is 4.79 Å². The van der Waals surface area contributed by atoms with E-state index in [2.05, 4.69) is 22.5 Å². The van der Waals surface area contributed by atoms with Crippen LogP contribution in [-0.4, -0.2) is 38.7 Å². The van der Waals surface area contributed by atoms with Gasteiger partial charge >= 0.3 is 6.03 Å². The fourth-order valence-corrected chi connectivity index (χ4v) is 2.10. The van der Waals surface area contributed by atoms with Crippen LogP contribution < -0.4 is 15.4 Å². The van der Waals surface area contributed by atoms with E-state index >= 15 is 0 Å². The highest BCUT2D eigenvalue weighted by Gasteiger charge is 2.12. The minimum Gasteiger partial charge on any atom is -0.495 e. The van der Waals surface area contributed by atoms with Gasteiger partial charge in [-0.2, -0.15) is 0 Å². The Hall–Kier alpha value is -1.75. The van der Waals surface area contributed by atoms with Gasteiger partial charge in [-0.25, -0.2) is 4.79 Å². The third-order valence-electron chi connectivity index (χ3n) is 3.12. The number of rotatable bonds is 8. The number of nitrogens with one attached hydrogen (secondary N) is 2. The van der Waals surface area contributed by atoms with Crippen molar-refractivity contribution in [2.24, 2.45) is 0 Å². The maximum atomic E-state index is 12.0. The molecule has 2 amide bonds. The SMILES string of the molecule is CCCCCNC(=O)Nc1c(CN(C)C)cccc1OC. The van der Waals surface area contributed by atoms with Crippen LogP contribution in [0.3, 0.4) is 0 Å². The standard InChI is InChI=1S/C16H27N3O2/c1-5-6-7-11-17-16(20)18-15-13(12-19(2)3)9-8-10-14(15)21-4/h8-10H,5-7,11-12H2,1-4H3,(H2,17,18,20). The van der Waals surface area contributed by atoms with Gasteiger partial charge in [0.05, 0.1) is 12.8 Å². The van der Waals surface area contributed by atoms with Gasteiger partial charge in [0.2, 0.25) is 0 Å². The fraction of sp³-hybridized carbons (Fsp3) is 0.562. The second-order valence-corrected chi connectivity index (χ2v) is 5.32. The first-order valence-corrected chi connectivity index (χ1v) is 7.44.